The van der Waals surface area contributed by atoms with E-state index in [9.17, 15) is 0 Å². The fourth-order valence-corrected chi connectivity index (χ4v) is 7.00. The van der Waals surface area contributed by atoms with Gasteiger partial charge in [-0.2, -0.15) is 11.3 Å². The average Bonchev–Trinajstić information content (AvgIpc) is 2.85. The molecule has 0 amide bonds. The normalized spacial score (nSPS) is 43.9. The zero-order valence-electron chi connectivity index (χ0n) is 12.6. The Balaban J connectivity index is 1.49. The second-order valence-electron chi connectivity index (χ2n) is 8.41. The number of aryl methyl sites for hydroxylation is 1. The van der Waals surface area contributed by atoms with Crippen LogP contribution in [-0.2, 0) is 6.42 Å². The van der Waals surface area contributed by atoms with Crippen molar-refractivity contribution in [3.8, 4) is 0 Å². The Morgan fingerprint density at radius 1 is 1.30 bits per heavy atom. The van der Waals surface area contributed by atoms with Crippen LogP contribution in [-0.4, -0.2) is 6.04 Å². The summed E-state index contributed by atoms with van der Waals surface area (Å²) in [6, 6.07) is 2.69. The van der Waals surface area contributed by atoms with Gasteiger partial charge in [-0.25, -0.2) is 0 Å². The minimum atomic E-state index is 0.424. The SMILES string of the molecule is CC12CC3CC(C1)CC(C(N)CCc1ccsc1)(C3)C2. The van der Waals surface area contributed by atoms with Gasteiger partial charge in [-0.1, -0.05) is 6.92 Å². The molecule has 4 saturated carbocycles. The van der Waals surface area contributed by atoms with Gasteiger partial charge in [-0.15, -0.1) is 0 Å². The number of hydrogen-bond acceptors (Lipinski definition) is 2. The first-order valence-electron chi connectivity index (χ1n) is 8.34. The maximum absolute atomic E-state index is 6.75. The molecule has 4 aliphatic carbocycles. The molecule has 3 atom stereocenters. The molecule has 0 spiro atoms. The second kappa shape index (κ2) is 4.58. The molecule has 1 aromatic rings. The zero-order valence-corrected chi connectivity index (χ0v) is 13.4. The fraction of sp³-hybridized carbons (Fsp3) is 0.778. The van der Waals surface area contributed by atoms with Crippen LogP contribution in [0.4, 0.5) is 0 Å². The van der Waals surface area contributed by atoms with Crippen molar-refractivity contribution >= 4 is 11.3 Å². The van der Waals surface area contributed by atoms with Crippen molar-refractivity contribution in [1.82, 2.24) is 0 Å². The summed E-state index contributed by atoms with van der Waals surface area (Å²) >= 11 is 1.81. The third kappa shape index (κ3) is 2.16. The minimum Gasteiger partial charge on any atom is -0.327 e. The summed E-state index contributed by atoms with van der Waals surface area (Å²) in [5.41, 5.74) is 9.36. The molecule has 0 saturated heterocycles. The summed E-state index contributed by atoms with van der Waals surface area (Å²) in [5.74, 6) is 1.99. The van der Waals surface area contributed by atoms with E-state index in [-0.39, 0.29) is 0 Å². The number of rotatable bonds is 4. The monoisotopic (exact) mass is 289 g/mol. The van der Waals surface area contributed by atoms with Gasteiger partial charge in [0.2, 0.25) is 0 Å². The quantitative estimate of drug-likeness (QED) is 0.860. The third-order valence-electron chi connectivity index (χ3n) is 6.51. The van der Waals surface area contributed by atoms with Crippen LogP contribution in [0.3, 0.4) is 0 Å². The molecule has 20 heavy (non-hydrogen) atoms. The van der Waals surface area contributed by atoms with Crippen molar-refractivity contribution in [1.29, 1.82) is 0 Å². The van der Waals surface area contributed by atoms with E-state index in [1.165, 1.54) is 56.9 Å². The number of nitrogens with two attached hydrogens (primary N) is 1. The molecular weight excluding hydrogens is 262 g/mol. The van der Waals surface area contributed by atoms with Gasteiger partial charge in [0.25, 0.3) is 0 Å². The molecule has 110 valence electrons. The van der Waals surface area contributed by atoms with E-state index in [0.29, 0.717) is 16.9 Å². The predicted molar refractivity (Wildman–Crippen MR) is 85.8 cm³/mol. The highest BCUT2D eigenvalue weighted by Crippen LogP contribution is 2.66. The third-order valence-corrected chi connectivity index (χ3v) is 7.24. The molecule has 0 radical (unpaired) electrons. The Hall–Kier alpha value is -0.340. The van der Waals surface area contributed by atoms with Gasteiger partial charge in [-0.3, -0.25) is 0 Å². The maximum atomic E-state index is 6.75. The molecule has 4 aliphatic rings. The number of thiophene rings is 1. The molecule has 0 aliphatic heterocycles. The Bertz CT molecular complexity index is 464. The van der Waals surface area contributed by atoms with E-state index in [1.807, 2.05) is 11.3 Å². The Morgan fingerprint density at radius 2 is 2.05 bits per heavy atom. The summed E-state index contributed by atoms with van der Waals surface area (Å²) < 4.78 is 0. The minimum absolute atomic E-state index is 0.424. The van der Waals surface area contributed by atoms with Gasteiger partial charge in [0.15, 0.2) is 0 Å². The summed E-state index contributed by atoms with van der Waals surface area (Å²) in [6.07, 6.45) is 11.1. The molecule has 0 aromatic carbocycles. The second-order valence-corrected chi connectivity index (χ2v) is 9.19. The fourth-order valence-electron chi connectivity index (χ4n) is 6.30. The highest BCUT2D eigenvalue weighted by Gasteiger charge is 2.57. The van der Waals surface area contributed by atoms with Gasteiger partial charge < -0.3 is 5.73 Å². The summed E-state index contributed by atoms with van der Waals surface area (Å²) in [5, 5.41) is 4.47. The van der Waals surface area contributed by atoms with E-state index in [1.54, 1.807) is 0 Å². The van der Waals surface area contributed by atoms with Crippen LogP contribution in [0, 0.1) is 22.7 Å². The standard InChI is InChI=1S/C18H27NS/c1-17-7-14-6-15(8-17)10-18(9-14,12-17)16(19)3-2-13-4-5-20-11-13/h4-5,11,14-16H,2-3,6-10,12,19H2,1H3. The van der Waals surface area contributed by atoms with Crippen molar-refractivity contribution < 1.29 is 0 Å². The zero-order chi connectivity index (χ0) is 13.8. The van der Waals surface area contributed by atoms with Crippen LogP contribution >= 0.6 is 11.3 Å². The van der Waals surface area contributed by atoms with Crippen molar-refractivity contribution in [2.24, 2.45) is 28.4 Å². The highest BCUT2D eigenvalue weighted by atomic mass is 32.1. The maximum Gasteiger partial charge on any atom is 0.00991 e. The molecule has 3 unspecified atom stereocenters. The Labute approximate surface area is 127 Å². The molecule has 4 bridgehead atoms. The van der Waals surface area contributed by atoms with Crippen LogP contribution < -0.4 is 5.73 Å². The lowest BCUT2D eigenvalue weighted by Gasteiger charge is -2.63. The Morgan fingerprint density at radius 3 is 2.65 bits per heavy atom. The van der Waals surface area contributed by atoms with Gasteiger partial charge in [-0.05, 0) is 96.4 Å². The summed E-state index contributed by atoms with van der Waals surface area (Å²) in [7, 11) is 0. The molecule has 1 nitrogen and oxygen atoms in total. The lowest BCUT2D eigenvalue weighted by molar-refractivity contribution is -0.113. The van der Waals surface area contributed by atoms with Crippen LogP contribution in [0.5, 0.6) is 0 Å². The average molecular weight is 289 g/mol. The van der Waals surface area contributed by atoms with Gasteiger partial charge in [0.05, 0.1) is 0 Å². The summed E-state index contributed by atoms with van der Waals surface area (Å²) in [4.78, 5) is 0. The Kier molecular flexibility index (Phi) is 3.05. The van der Waals surface area contributed by atoms with E-state index in [4.69, 9.17) is 5.73 Å². The van der Waals surface area contributed by atoms with Crippen LogP contribution in [0.15, 0.2) is 16.8 Å². The number of hydrogen-bond donors (Lipinski definition) is 1. The molecule has 4 fully saturated rings. The van der Waals surface area contributed by atoms with Gasteiger partial charge >= 0.3 is 0 Å². The smallest absolute Gasteiger partial charge is 0.00991 e. The van der Waals surface area contributed by atoms with Crippen molar-refractivity contribution in [3.05, 3.63) is 22.4 Å². The predicted octanol–water partition coefficient (Wildman–Crippen LogP) is 4.61. The lowest BCUT2D eigenvalue weighted by atomic mass is 9.43. The van der Waals surface area contributed by atoms with E-state index in [0.717, 1.165) is 11.8 Å². The highest BCUT2D eigenvalue weighted by molar-refractivity contribution is 7.07. The van der Waals surface area contributed by atoms with Crippen LogP contribution in [0.1, 0.15) is 57.4 Å². The molecule has 1 heterocycles. The van der Waals surface area contributed by atoms with Crippen molar-refractivity contribution in [3.63, 3.8) is 0 Å². The molecule has 2 heteroatoms. The van der Waals surface area contributed by atoms with Crippen molar-refractivity contribution in [2.75, 3.05) is 0 Å². The summed E-state index contributed by atoms with van der Waals surface area (Å²) in [6.45, 7) is 2.55. The molecular formula is C18H27NS. The molecule has 5 rings (SSSR count). The van der Waals surface area contributed by atoms with E-state index in [2.05, 4.69) is 23.8 Å². The van der Waals surface area contributed by atoms with E-state index >= 15 is 0 Å². The van der Waals surface area contributed by atoms with E-state index < -0.39 is 0 Å². The lowest BCUT2D eigenvalue weighted by Crippen LogP contribution is -2.57. The largest absolute Gasteiger partial charge is 0.327 e. The van der Waals surface area contributed by atoms with Crippen molar-refractivity contribution in [2.45, 2.75) is 64.3 Å². The molecule has 2 N–H and O–H groups in total. The first-order valence-corrected chi connectivity index (χ1v) is 9.28. The van der Waals surface area contributed by atoms with Crippen LogP contribution in [0.25, 0.3) is 0 Å². The molecule has 1 aromatic heterocycles. The van der Waals surface area contributed by atoms with Gasteiger partial charge in [0, 0.05) is 6.04 Å². The topological polar surface area (TPSA) is 26.0 Å². The first kappa shape index (κ1) is 13.3. The van der Waals surface area contributed by atoms with Crippen LogP contribution in [0.2, 0.25) is 0 Å². The van der Waals surface area contributed by atoms with Gasteiger partial charge in [0.1, 0.15) is 0 Å². The first-order chi connectivity index (χ1) is 9.57.